The van der Waals surface area contributed by atoms with Crippen LogP contribution in [0.1, 0.15) is 52.4 Å². The van der Waals surface area contributed by atoms with Crippen LogP contribution < -0.4 is 11.1 Å². The first-order valence-corrected chi connectivity index (χ1v) is 6.74. The van der Waals surface area contributed by atoms with Crippen molar-refractivity contribution in [3.05, 3.63) is 0 Å². The maximum atomic E-state index is 6.12. The third-order valence-electron chi connectivity index (χ3n) is 3.96. The fourth-order valence-electron chi connectivity index (χ4n) is 2.54. The molecule has 15 heavy (non-hydrogen) atoms. The number of nitrogens with two attached hydrogens (primary N) is 1. The summed E-state index contributed by atoms with van der Waals surface area (Å²) < 4.78 is 0. The summed E-state index contributed by atoms with van der Waals surface area (Å²) in [6, 6.07) is 0.452. The Labute approximate surface area is 95.0 Å². The molecule has 0 saturated heterocycles. The molecule has 0 spiro atoms. The van der Waals surface area contributed by atoms with Crippen LogP contribution in [0.2, 0.25) is 0 Å². The average Bonchev–Trinajstić information content (AvgIpc) is 2.27. The monoisotopic (exact) mass is 212 g/mol. The highest BCUT2D eigenvalue weighted by Gasteiger charge is 2.21. The zero-order valence-electron chi connectivity index (χ0n) is 10.5. The third-order valence-corrected chi connectivity index (χ3v) is 3.96. The lowest BCUT2D eigenvalue weighted by Gasteiger charge is -2.29. The van der Waals surface area contributed by atoms with Crippen LogP contribution in [-0.4, -0.2) is 19.1 Å². The molecule has 0 bridgehead atoms. The van der Waals surface area contributed by atoms with Crippen LogP contribution in [0.3, 0.4) is 0 Å². The first-order valence-electron chi connectivity index (χ1n) is 6.74. The smallest absolute Gasteiger partial charge is 0.00792 e. The average molecular weight is 212 g/mol. The zero-order valence-corrected chi connectivity index (χ0v) is 10.5. The van der Waals surface area contributed by atoms with Gasteiger partial charge in [-0.15, -0.1) is 0 Å². The second-order valence-corrected chi connectivity index (χ2v) is 5.05. The molecular weight excluding hydrogens is 184 g/mol. The summed E-state index contributed by atoms with van der Waals surface area (Å²) in [4.78, 5) is 0. The molecule has 2 heteroatoms. The molecule has 0 aromatic rings. The molecule has 1 fully saturated rings. The van der Waals surface area contributed by atoms with Crippen molar-refractivity contribution in [2.24, 2.45) is 17.6 Å². The molecule has 0 aliphatic heterocycles. The highest BCUT2D eigenvalue weighted by Crippen LogP contribution is 2.22. The third kappa shape index (κ3) is 4.52. The lowest BCUT2D eigenvalue weighted by Crippen LogP contribution is -2.40. The lowest BCUT2D eigenvalue weighted by molar-refractivity contribution is 0.289. The van der Waals surface area contributed by atoms with Gasteiger partial charge in [0.05, 0.1) is 0 Å². The maximum absolute atomic E-state index is 6.12. The zero-order chi connectivity index (χ0) is 11.1. The predicted octanol–water partition coefficient (Wildman–Crippen LogP) is 2.53. The molecule has 0 amide bonds. The van der Waals surface area contributed by atoms with Crippen molar-refractivity contribution in [3.8, 4) is 0 Å². The molecule has 0 aromatic heterocycles. The van der Waals surface area contributed by atoms with Gasteiger partial charge in [0.1, 0.15) is 0 Å². The van der Waals surface area contributed by atoms with Gasteiger partial charge in [-0.05, 0) is 37.8 Å². The van der Waals surface area contributed by atoms with E-state index >= 15 is 0 Å². The first kappa shape index (κ1) is 13.0. The number of nitrogens with one attached hydrogen (secondary N) is 1. The van der Waals surface area contributed by atoms with E-state index < -0.39 is 0 Å². The molecule has 0 radical (unpaired) electrons. The van der Waals surface area contributed by atoms with Crippen LogP contribution in [0.4, 0.5) is 0 Å². The molecule has 1 saturated carbocycles. The topological polar surface area (TPSA) is 38.0 Å². The Morgan fingerprint density at radius 3 is 2.47 bits per heavy atom. The molecule has 90 valence electrons. The van der Waals surface area contributed by atoms with E-state index in [1.807, 2.05) is 0 Å². The van der Waals surface area contributed by atoms with Crippen LogP contribution in [0.5, 0.6) is 0 Å². The summed E-state index contributed by atoms with van der Waals surface area (Å²) in [5.41, 5.74) is 6.12. The van der Waals surface area contributed by atoms with Gasteiger partial charge in [-0.1, -0.05) is 39.5 Å². The number of hydrogen-bond donors (Lipinski definition) is 2. The number of hydrogen-bond acceptors (Lipinski definition) is 2. The number of rotatable bonds is 6. The second kappa shape index (κ2) is 7.24. The molecule has 2 nitrogen and oxygen atoms in total. The molecule has 3 N–H and O–H groups in total. The van der Waals surface area contributed by atoms with Gasteiger partial charge in [0.15, 0.2) is 0 Å². The summed E-state index contributed by atoms with van der Waals surface area (Å²) in [5, 5.41) is 3.61. The van der Waals surface area contributed by atoms with Crippen LogP contribution in [0, 0.1) is 11.8 Å². The molecule has 0 aromatic carbocycles. The Hall–Kier alpha value is -0.0800. The SMILES string of the molecule is CCC(CC)CNCC1CCCCC1N. The highest BCUT2D eigenvalue weighted by molar-refractivity contribution is 4.79. The van der Waals surface area contributed by atoms with E-state index in [9.17, 15) is 0 Å². The second-order valence-electron chi connectivity index (χ2n) is 5.05. The van der Waals surface area contributed by atoms with Gasteiger partial charge < -0.3 is 11.1 Å². The first-order chi connectivity index (χ1) is 7.27. The fraction of sp³-hybridized carbons (Fsp3) is 1.00. The van der Waals surface area contributed by atoms with E-state index in [2.05, 4.69) is 19.2 Å². The van der Waals surface area contributed by atoms with Gasteiger partial charge in [-0.3, -0.25) is 0 Å². The maximum Gasteiger partial charge on any atom is 0.00792 e. The van der Waals surface area contributed by atoms with Gasteiger partial charge in [0, 0.05) is 6.04 Å². The molecular formula is C13H28N2. The highest BCUT2D eigenvalue weighted by atomic mass is 14.9. The summed E-state index contributed by atoms with van der Waals surface area (Å²) in [6.07, 6.45) is 7.87. The van der Waals surface area contributed by atoms with Crippen LogP contribution in [-0.2, 0) is 0 Å². The molecule has 1 aliphatic rings. The fourth-order valence-corrected chi connectivity index (χ4v) is 2.54. The van der Waals surface area contributed by atoms with Crippen LogP contribution in [0.15, 0.2) is 0 Å². The standard InChI is InChI=1S/C13H28N2/c1-3-11(4-2)9-15-10-12-7-5-6-8-13(12)14/h11-13,15H,3-10,14H2,1-2H3. The van der Waals surface area contributed by atoms with Crippen molar-refractivity contribution < 1.29 is 0 Å². The van der Waals surface area contributed by atoms with Crippen molar-refractivity contribution in [1.82, 2.24) is 5.32 Å². The molecule has 0 heterocycles. The van der Waals surface area contributed by atoms with Crippen LogP contribution in [0.25, 0.3) is 0 Å². The molecule has 1 rings (SSSR count). The normalized spacial score (nSPS) is 27.2. The minimum Gasteiger partial charge on any atom is -0.327 e. The molecule has 2 unspecified atom stereocenters. The summed E-state index contributed by atoms with van der Waals surface area (Å²) in [7, 11) is 0. The molecule has 2 atom stereocenters. The Kier molecular flexibility index (Phi) is 6.26. The van der Waals surface area contributed by atoms with E-state index in [-0.39, 0.29) is 0 Å². The van der Waals surface area contributed by atoms with Gasteiger partial charge in [-0.25, -0.2) is 0 Å². The van der Waals surface area contributed by atoms with E-state index in [1.54, 1.807) is 0 Å². The van der Waals surface area contributed by atoms with Gasteiger partial charge >= 0.3 is 0 Å². The van der Waals surface area contributed by atoms with Crippen molar-refractivity contribution in [3.63, 3.8) is 0 Å². The summed E-state index contributed by atoms with van der Waals surface area (Å²) in [5.74, 6) is 1.58. The largest absolute Gasteiger partial charge is 0.327 e. The van der Waals surface area contributed by atoms with E-state index in [4.69, 9.17) is 5.73 Å². The van der Waals surface area contributed by atoms with E-state index in [0.29, 0.717) is 6.04 Å². The minimum absolute atomic E-state index is 0.452. The van der Waals surface area contributed by atoms with Gasteiger partial charge in [0.2, 0.25) is 0 Å². The van der Waals surface area contributed by atoms with Crippen molar-refractivity contribution in [2.75, 3.05) is 13.1 Å². The van der Waals surface area contributed by atoms with Gasteiger partial charge in [0.25, 0.3) is 0 Å². The van der Waals surface area contributed by atoms with E-state index in [1.165, 1.54) is 45.1 Å². The van der Waals surface area contributed by atoms with Crippen molar-refractivity contribution >= 4 is 0 Å². The van der Waals surface area contributed by atoms with Crippen molar-refractivity contribution in [1.29, 1.82) is 0 Å². The Bertz CT molecular complexity index is 155. The Balaban J connectivity index is 2.12. The Morgan fingerprint density at radius 1 is 1.20 bits per heavy atom. The summed E-state index contributed by atoms with van der Waals surface area (Å²) in [6.45, 7) is 6.87. The lowest BCUT2D eigenvalue weighted by atomic mass is 9.85. The van der Waals surface area contributed by atoms with Crippen molar-refractivity contribution in [2.45, 2.75) is 58.4 Å². The van der Waals surface area contributed by atoms with Crippen LogP contribution >= 0.6 is 0 Å². The minimum atomic E-state index is 0.452. The Morgan fingerprint density at radius 2 is 1.87 bits per heavy atom. The molecule has 1 aliphatic carbocycles. The quantitative estimate of drug-likeness (QED) is 0.710. The predicted molar refractivity (Wildman–Crippen MR) is 66.9 cm³/mol. The van der Waals surface area contributed by atoms with E-state index in [0.717, 1.165) is 18.4 Å². The summed E-state index contributed by atoms with van der Waals surface area (Å²) >= 11 is 0. The van der Waals surface area contributed by atoms with Gasteiger partial charge in [-0.2, -0.15) is 0 Å².